The van der Waals surface area contributed by atoms with Gasteiger partial charge in [-0.25, -0.2) is 0 Å². The maximum atomic E-state index is 5.10. The third kappa shape index (κ3) is 9.32. The Hall–Kier alpha value is -0.680. The fraction of sp³-hybridized carbons (Fsp3) is 1.00. The van der Waals surface area contributed by atoms with E-state index >= 15 is 0 Å². The van der Waals surface area contributed by atoms with Gasteiger partial charge in [0.15, 0.2) is 0 Å². The van der Waals surface area contributed by atoms with E-state index in [4.69, 9.17) is 15.3 Å². The van der Waals surface area contributed by atoms with Crippen LogP contribution in [0.5, 0.6) is 0 Å². The minimum atomic E-state index is 0.516. The standard InChI is InChI=1S/C6H15N3O2/c1-2-10-5-6-11-4-3-8-9-7/h2-6H2,1H3,(H2,7,8). The molecule has 66 valence electrons. The smallest absolute Gasteiger partial charge is 0.0854 e. The molecule has 0 saturated carbocycles. The molecule has 0 aromatic carbocycles. The van der Waals surface area contributed by atoms with E-state index < -0.39 is 0 Å². The van der Waals surface area contributed by atoms with Crippen LogP contribution in [0.4, 0.5) is 0 Å². The van der Waals surface area contributed by atoms with E-state index in [-0.39, 0.29) is 0 Å². The molecule has 0 saturated heterocycles. The number of ether oxygens (including phenoxy) is 2. The highest BCUT2D eigenvalue weighted by molar-refractivity contribution is 4.35. The maximum absolute atomic E-state index is 5.10. The van der Waals surface area contributed by atoms with Crippen molar-refractivity contribution in [3.05, 3.63) is 0 Å². The van der Waals surface area contributed by atoms with Crippen molar-refractivity contribution in [2.24, 2.45) is 16.2 Å². The molecule has 0 amide bonds. The van der Waals surface area contributed by atoms with Gasteiger partial charge in [-0.1, -0.05) is 5.22 Å². The van der Waals surface area contributed by atoms with Crippen LogP contribution >= 0.6 is 0 Å². The molecule has 0 unspecified atom stereocenters. The normalized spacial score (nSPS) is 11.0. The predicted octanol–water partition coefficient (Wildman–Crippen LogP) is 0.365. The molecular formula is C6H15N3O2. The van der Waals surface area contributed by atoms with Crippen molar-refractivity contribution in [3.8, 4) is 0 Å². The van der Waals surface area contributed by atoms with Crippen molar-refractivity contribution < 1.29 is 9.47 Å². The zero-order chi connectivity index (χ0) is 8.36. The van der Waals surface area contributed by atoms with Crippen molar-refractivity contribution in [1.82, 2.24) is 0 Å². The molecule has 0 atom stereocenters. The molecule has 2 N–H and O–H groups in total. The first-order chi connectivity index (χ1) is 5.41. The summed E-state index contributed by atoms with van der Waals surface area (Å²) in [6.07, 6.45) is 0. The Kier molecular flexibility index (Phi) is 8.74. The zero-order valence-corrected chi connectivity index (χ0v) is 6.82. The molecule has 0 rings (SSSR count). The summed E-state index contributed by atoms with van der Waals surface area (Å²) in [5.41, 5.74) is 0. The van der Waals surface area contributed by atoms with E-state index in [9.17, 15) is 0 Å². The van der Waals surface area contributed by atoms with Crippen LogP contribution in [0.2, 0.25) is 0 Å². The second kappa shape index (κ2) is 9.32. The molecule has 0 radical (unpaired) electrons. The zero-order valence-electron chi connectivity index (χ0n) is 6.82. The molecule has 0 heterocycles. The molecule has 0 bridgehead atoms. The van der Waals surface area contributed by atoms with Crippen LogP contribution in [0.15, 0.2) is 10.3 Å². The first-order valence-electron chi connectivity index (χ1n) is 3.64. The highest BCUT2D eigenvalue weighted by Gasteiger charge is 1.86. The molecule has 11 heavy (non-hydrogen) atoms. The van der Waals surface area contributed by atoms with E-state index in [0.717, 1.165) is 6.61 Å². The average Bonchev–Trinajstić information content (AvgIpc) is 2.03. The van der Waals surface area contributed by atoms with Gasteiger partial charge in [0.25, 0.3) is 0 Å². The van der Waals surface area contributed by atoms with Crippen LogP contribution in [-0.4, -0.2) is 33.0 Å². The van der Waals surface area contributed by atoms with Gasteiger partial charge < -0.3 is 15.3 Å². The molecule has 0 aliphatic rings. The highest BCUT2D eigenvalue weighted by atomic mass is 16.5. The van der Waals surface area contributed by atoms with Gasteiger partial charge in [0.05, 0.1) is 26.4 Å². The third-order valence-corrected chi connectivity index (χ3v) is 0.993. The molecule has 0 aromatic heterocycles. The first kappa shape index (κ1) is 10.3. The summed E-state index contributed by atoms with van der Waals surface area (Å²) >= 11 is 0. The highest BCUT2D eigenvalue weighted by Crippen LogP contribution is 1.78. The van der Waals surface area contributed by atoms with Gasteiger partial charge in [-0.15, -0.1) is 0 Å². The second-order valence-electron chi connectivity index (χ2n) is 1.79. The van der Waals surface area contributed by atoms with Crippen molar-refractivity contribution in [1.29, 1.82) is 0 Å². The van der Waals surface area contributed by atoms with Crippen LogP contribution < -0.4 is 5.84 Å². The van der Waals surface area contributed by atoms with Gasteiger partial charge in [0, 0.05) is 6.61 Å². The fourth-order valence-corrected chi connectivity index (χ4v) is 0.527. The number of rotatable bonds is 7. The number of nitrogens with two attached hydrogens (primary N) is 1. The van der Waals surface area contributed by atoms with Crippen LogP contribution in [0.1, 0.15) is 6.92 Å². The largest absolute Gasteiger partial charge is 0.379 e. The van der Waals surface area contributed by atoms with Gasteiger partial charge in [0.1, 0.15) is 0 Å². The van der Waals surface area contributed by atoms with Crippen molar-refractivity contribution in [2.45, 2.75) is 6.92 Å². The number of nitrogens with zero attached hydrogens (tertiary/aromatic N) is 2. The molecule has 5 heteroatoms. The summed E-state index contributed by atoms with van der Waals surface area (Å²) in [6.45, 7) is 4.98. The summed E-state index contributed by atoms with van der Waals surface area (Å²) in [4.78, 5) is 0. The molecule has 0 aliphatic heterocycles. The lowest BCUT2D eigenvalue weighted by molar-refractivity contribution is 0.0558. The van der Waals surface area contributed by atoms with Crippen molar-refractivity contribution in [2.75, 3.05) is 33.0 Å². The Morgan fingerprint density at radius 3 is 2.55 bits per heavy atom. The van der Waals surface area contributed by atoms with Gasteiger partial charge in [-0.3, -0.25) is 0 Å². The van der Waals surface area contributed by atoms with Gasteiger partial charge in [-0.2, -0.15) is 5.11 Å². The van der Waals surface area contributed by atoms with Gasteiger partial charge in [-0.05, 0) is 6.92 Å². The summed E-state index contributed by atoms with van der Waals surface area (Å²) in [5, 5.41) is 6.61. The molecule has 0 spiro atoms. The topological polar surface area (TPSA) is 69.2 Å². The molecular weight excluding hydrogens is 146 g/mol. The lowest BCUT2D eigenvalue weighted by Crippen LogP contribution is -2.06. The van der Waals surface area contributed by atoms with Crippen LogP contribution in [0.25, 0.3) is 0 Å². The van der Waals surface area contributed by atoms with Gasteiger partial charge >= 0.3 is 0 Å². The monoisotopic (exact) mass is 161 g/mol. The Balaban J connectivity index is 2.79. The minimum absolute atomic E-state index is 0.516. The van der Waals surface area contributed by atoms with E-state index in [0.29, 0.717) is 26.4 Å². The summed E-state index contributed by atoms with van der Waals surface area (Å²) in [7, 11) is 0. The summed E-state index contributed by atoms with van der Waals surface area (Å²) < 4.78 is 10.1. The summed E-state index contributed by atoms with van der Waals surface area (Å²) in [5.74, 6) is 4.77. The molecule has 0 aromatic rings. The molecule has 0 fully saturated rings. The van der Waals surface area contributed by atoms with Crippen molar-refractivity contribution in [3.63, 3.8) is 0 Å². The molecule has 0 aliphatic carbocycles. The Labute approximate surface area is 66.5 Å². The SMILES string of the molecule is CCOCCOCCN=NN. The first-order valence-corrected chi connectivity index (χ1v) is 3.64. The van der Waals surface area contributed by atoms with Crippen LogP contribution in [0.3, 0.4) is 0 Å². The average molecular weight is 161 g/mol. The van der Waals surface area contributed by atoms with E-state index in [1.165, 1.54) is 0 Å². The van der Waals surface area contributed by atoms with E-state index in [1.807, 2.05) is 6.92 Å². The Morgan fingerprint density at radius 1 is 1.18 bits per heavy atom. The number of hydrogen-bond donors (Lipinski definition) is 1. The Morgan fingerprint density at radius 2 is 1.91 bits per heavy atom. The Bertz CT molecular complexity index is 97.8. The third-order valence-electron chi connectivity index (χ3n) is 0.993. The molecule has 5 nitrogen and oxygen atoms in total. The minimum Gasteiger partial charge on any atom is -0.379 e. The lowest BCUT2D eigenvalue weighted by atomic mass is 10.7. The second-order valence-corrected chi connectivity index (χ2v) is 1.79. The summed E-state index contributed by atoms with van der Waals surface area (Å²) in [6, 6.07) is 0. The maximum Gasteiger partial charge on any atom is 0.0854 e. The van der Waals surface area contributed by atoms with Crippen molar-refractivity contribution >= 4 is 0 Å². The van der Waals surface area contributed by atoms with Gasteiger partial charge in [0.2, 0.25) is 0 Å². The van der Waals surface area contributed by atoms with E-state index in [2.05, 4.69) is 10.3 Å². The van der Waals surface area contributed by atoms with Crippen LogP contribution in [-0.2, 0) is 9.47 Å². The fourth-order valence-electron chi connectivity index (χ4n) is 0.527. The number of hydrogen-bond acceptors (Lipinski definition) is 4. The quantitative estimate of drug-likeness (QED) is 0.254. The lowest BCUT2D eigenvalue weighted by Gasteiger charge is -2.00. The predicted molar refractivity (Wildman–Crippen MR) is 41.2 cm³/mol. The van der Waals surface area contributed by atoms with E-state index in [1.54, 1.807) is 0 Å². The van der Waals surface area contributed by atoms with Crippen LogP contribution in [0, 0.1) is 0 Å².